The Labute approximate surface area is 103 Å². The van der Waals surface area contributed by atoms with Crippen LogP contribution >= 0.6 is 0 Å². The average Bonchev–Trinajstić information content (AvgIpc) is 3.17. The van der Waals surface area contributed by atoms with Crippen molar-refractivity contribution in [2.45, 2.75) is 25.4 Å². The number of carbonyl (C=O) groups excluding carboxylic acids is 1. The van der Waals surface area contributed by atoms with Gasteiger partial charge in [-0.1, -0.05) is 0 Å². The summed E-state index contributed by atoms with van der Waals surface area (Å²) < 4.78 is 1.31. The monoisotopic (exact) mass is 244 g/mol. The second-order valence-electron chi connectivity index (χ2n) is 4.39. The number of nitrogens with zero attached hydrogens (tertiary/aromatic N) is 3. The second kappa shape index (κ2) is 4.21. The Kier molecular flexibility index (Phi) is 2.55. The smallest absolute Gasteiger partial charge is 0.263 e. The number of rotatable bonds is 3. The van der Waals surface area contributed by atoms with Crippen LogP contribution in [0.4, 0.5) is 0 Å². The Bertz CT molecular complexity index is 660. The van der Waals surface area contributed by atoms with Crippen molar-refractivity contribution >= 4 is 16.9 Å². The summed E-state index contributed by atoms with van der Waals surface area (Å²) in [6.45, 7) is 0.00711. The van der Waals surface area contributed by atoms with E-state index in [0.717, 1.165) is 12.8 Å². The maximum atomic E-state index is 12.1. The molecule has 0 unspecified atom stereocenters. The molecule has 0 atom stereocenters. The molecule has 2 aromatic rings. The summed E-state index contributed by atoms with van der Waals surface area (Å²) in [5, 5.41) is 3.27. The predicted octanol–water partition coefficient (Wildman–Crippen LogP) is 0.0701. The van der Waals surface area contributed by atoms with E-state index in [1.165, 1.54) is 10.9 Å². The zero-order chi connectivity index (χ0) is 12.5. The van der Waals surface area contributed by atoms with Gasteiger partial charge in [-0.25, -0.2) is 9.97 Å². The Morgan fingerprint density at radius 1 is 1.44 bits per heavy atom. The summed E-state index contributed by atoms with van der Waals surface area (Å²) in [5.41, 5.74) is 0.167. The molecule has 18 heavy (non-hydrogen) atoms. The van der Waals surface area contributed by atoms with Gasteiger partial charge in [0.1, 0.15) is 12.9 Å². The highest BCUT2D eigenvalue weighted by atomic mass is 16.2. The van der Waals surface area contributed by atoms with E-state index in [2.05, 4.69) is 15.3 Å². The summed E-state index contributed by atoms with van der Waals surface area (Å²) in [6, 6.07) is 3.63. The first-order valence-electron chi connectivity index (χ1n) is 5.83. The van der Waals surface area contributed by atoms with E-state index in [4.69, 9.17) is 0 Å². The topological polar surface area (TPSA) is 76.9 Å². The van der Waals surface area contributed by atoms with Gasteiger partial charge in [-0.2, -0.15) is 0 Å². The number of hydrogen-bond donors (Lipinski definition) is 1. The van der Waals surface area contributed by atoms with Crippen molar-refractivity contribution in [1.82, 2.24) is 19.9 Å². The van der Waals surface area contributed by atoms with Crippen LogP contribution in [0.25, 0.3) is 11.0 Å². The van der Waals surface area contributed by atoms with Crippen LogP contribution in [0.15, 0.2) is 29.5 Å². The lowest BCUT2D eigenvalue weighted by Crippen LogP contribution is -2.33. The van der Waals surface area contributed by atoms with E-state index in [1.54, 1.807) is 18.3 Å². The third kappa shape index (κ3) is 2.09. The fourth-order valence-electron chi connectivity index (χ4n) is 1.77. The Morgan fingerprint density at radius 2 is 2.28 bits per heavy atom. The van der Waals surface area contributed by atoms with Crippen molar-refractivity contribution in [1.29, 1.82) is 0 Å². The minimum Gasteiger partial charge on any atom is -0.352 e. The van der Waals surface area contributed by atoms with Gasteiger partial charge in [0.25, 0.3) is 5.56 Å². The molecule has 0 aliphatic heterocycles. The van der Waals surface area contributed by atoms with E-state index in [9.17, 15) is 9.59 Å². The number of fused-ring (bicyclic) bond motifs is 1. The van der Waals surface area contributed by atoms with Crippen molar-refractivity contribution in [3.63, 3.8) is 0 Å². The molecule has 1 fully saturated rings. The van der Waals surface area contributed by atoms with Crippen LogP contribution in [0.2, 0.25) is 0 Å². The average molecular weight is 244 g/mol. The maximum absolute atomic E-state index is 12.1. The van der Waals surface area contributed by atoms with Crippen molar-refractivity contribution in [2.75, 3.05) is 0 Å². The zero-order valence-corrected chi connectivity index (χ0v) is 9.67. The van der Waals surface area contributed by atoms with Gasteiger partial charge < -0.3 is 5.32 Å². The molecule has 1 aliphatic rings. The van der Waals surface area contributed by atoms with Crippen molar-refractivity contribution in [3.8, 4) is 0 Å². The minimum atomic E-state index is -0.237. The molecule has 1 saturated carbocycles. The highest BCUT2D eigenvalue weighted by Crippen LogP contribution is 2.18. The van der Waals surface area contributed by atoms with Crippen molar-refractivity contribution in [3.05, 3.63) is 35.0 Å². The third-order valence-electron chi connectivity index (χ3n) is 2.85. The first-order chi connectivity index (χ1) is 8.74. The quantitative estimate of drug-likeness (QED) is 0.829. The molecule has 6 nitrogen and oxygen atoms in total. The molecule has 3 rings (SSSR count). The number of pyridine rings is 1. The largest absolute Gasteiger partial charge is 0.352 e. The van der Waals surface area contributed by atoms with Crippen LogP contribution in [-0.4, -0.2) is 26.5 Å². The number of nitrogens with one attached hydrogen (secondary N) is 1. The standard InChI is InChI=1S/C12H12N4O2/c17-10(15-8-3-4-8)6-16-7-14-11-9(12(16)18)2-1-5-13-11/h1-2,5,7-8H,3-4,6H2,(H,15,17). The maximum Gasteiger partial charge on any atom is 0.263 e. The molecule has 0 radical (unpaired) electrons. The van der Waals surface area contributed by atoms with E-state index in [1.807, 2.05) is 0 Å². The van der Waals surface area contributed by atoms with Crippen molar-refractivity contribution in [2.24, 2.45) is 0 Å². The molecule has 6 heteroatoms. The summed E-state index contributed by atoms with van der Waals surface area (Å²) >= 11 is 0. The van der Waals surface area contributed by atoms with Gasteiger partial charge in [0.05, 0.1) is 5.39 Å². The van der Waals surface area contributed by atoms with Gasteiger partial charge in [-0.3, -0.25) is 14.2 Å². The normalized spacial score (nSPS) is 14.7. The molecular weight excluding hydrogens is 232 g/mol. The summed E-state index contributed by atoms with van der Waals surface area (Å²) in [6.07, 6.45) is 5.00. The zero-order valence-electron chi connectivity index (χ0n) is 9.67. The van der Waals surface area contributed by atoms with Crippen LogP contribution in [0.3, 0.4) is 0 Å². The van der Waals surface area contributed by atoms with Crippen LogP contribution in [0.1, 0.15) is 12.8 Å². The third-order valence-corrected chi connectivity index (χ3v) is 2.85. The Balaban J connectivity index is 1.89. The Hall–Kier alpha value is -2.24. The van der Waals surface area contributed by atoms with Crippen molar-refractivity contribution < 1.29 is 4.79 Å². The number of amides is 1. The first kappa shape index (κ1) is 10.9. The highest BCUT2D eigenvalue weighted by molar-refractivity contribution is 5.77. The molecule has 0 saturated heterocycles. The molecule has 92 valence electrons. The molecule has 0 spiro atoms. The molecule has 0 aromatic carbocycles. The van der Waals surface area contributed by atoms with Gasteiger partial charge in [-0.15, -0.1) is 0 Å². The molecule has 1 N–H and O–H groups in total. The fourth-order valence-corrected chi connectivity index (χ4v) is 1.77. The second-order valence-corrected chi connectivity index (χ2v) is 4.39. The van der Waals surface area contributed by atoms with Gasteiger partial charge in [0, 0.05) is 12.2 Å². The molecule has 0 bridgehead atoms. The van der Waals surface area contributed by atoms with Crippen LogP contribution in [0.5, 0.6) is 0 Å². The van der Waals surface area contributed by atoms with Crippen LogP contribution in [0, 0.1) is 0 Å². The molecule has 2 aromatic heterocycles. The molecule has 1 aliphatic carbocycles. The number of aromatic nitrogens is 3. The predicted molar refractivity (Wildman–Crippen MR) is 65.0 cm³/mol. The van der Waals surface area contributed by atoms with E-state index >= 15 is 0 Å². The van der Waals surface area contributed by atoms with Gasteiger partial charge >= 0.3 is 0 Å². The van der Waals surface area contributed by atoms with Gasteiger partial charge in [0.2, 0.25) is 5.91 Å². The van der Waals surface area contributed by atoms with E-state index < -0.39 is 0 Å². The molecule has 2 heterocycles. The lowest BCUT2D eigenvalue weighted by molar-refractivity contribution is -0.121. The number of hydrogen-bond acceptors (Lipinski definition) is 4. The minimum absolute atomic E-state index is 0.00711. The Morgan fingerprint density at radius 3 is 3.06 bits per heavy atom. The molecule has 1 amide bonds. The van der Waals surface area contributed by atoms with Crippen LogP contribution < -0.4 is 10.9 Å². The SMILES string of the molecule is O=C(Cn1cnc2ncccc2c1=O)NC1CC1. The first-order valence-corrected chi connectivity index (χ1v) is 5.83. The summed E-state index contributed by atoms with van der Waals surface area (Å²) in [7, 11) is 0. The van der Waals surface area contributed by atoms with E-state index in [0.29, 0.717) is 17.1 Å². The van der Waals surface area contributed by atoms with Gasteiger partial charge in [-0.05, 0) is 25.0 Å². The van der Waals surface area contributed by atoms with Gasteiger partial charge in [0.15, 0.2) is 5.65 Å². The van der Waals surface area contributed by atoms with E-state index in [-0.39, 0.29) is 18.0 Å². The lowest BCUT2D eigenvalue weighted by Gasteiger charge is -2.06. The van der Waals surface area contributed by atoms with Crippen LogP contribution in [-0.2, 0) is 11.3 Å². The lowest BCUT2D eigenvalue weighted by atomic mass is 10.3. The summed E-state index contributed by atoms with van der Waals surface area (Å²) in [4.78, 5) is 31.8. The summed E-state index contributed by atoms with van der Waals surface area (Å²) in [5.74, 6) is -0.148. The molecular formula is C12H12N4O2. The number of carbonyl (C=O) groups is 1. The highest BCUT2D eigenvalue weighted by Gasteiger charge is 2.23. The fraction of sp³-hybridized carbons (Fsp3) is 0.333.